The van der Waals surface area contributed by atoms with E-state index in [0.717, 1.165) is 0 Å². The molecule has 2 nitrogen and oxygen atoms in total. The molecule has 0 aliphatic heterocycles. The molecule has 0 heterocycles. The molecule has 0 saturated heterocycles. The Morgan fingerprint density at radius 2 is 0.581 bits per heavy atom. The van der Waals surface area contributed by atoms with E-state index in [1.54, 1.807) is 0 Å². The van der Waals surface area contributed by atoms with E-state index in [2.05, 4.69) is 0 Å². The average Bonchev–Trinajstić information content (AvgIpc) is 2.76. The van der Waals surface area contributed by atoms with E-state index in [4.69, 9.17) is 0 Å². The summed E-state index contributed by atoms with van der Waals surface area (Å²) in [6, 6.07) is 0. The van der Waals surface area contributed by atoms with Crippen LogP contribution in [0.1, 0.15) is 0 Å². The van der Waals surface area contributed by atoms with Crippen LogP contribution in [0, 0.1) is 0 Å². The number of ether oxygens (including phenoxy) is 1. The van der Waals surface area contributed by atoms with Gasteiger partial charge in [0.05, 0.1) is 0 Å². The summed E-state index contributed by atoms with van der Waals surface area (Å²) in [5, 5.41) is 0. The number of esters is 1. The van der Waals surface area contributed by atoms with Crippen LogP contribution in [0.4, 0.5) is 119 Å². The molecule has 0 aromatic carbocycles. The number of hydrogen-bond donors (Lipinski definition) is 0. The molecule has 0 saturated carbocycles. The summed E-state index contributed by atoms with van der Waals surface area (Å²) >= 11 is 0. The van der Waals surface area contributed by atoms with Gasteiger partial charge >= 0.3 is 83.9 Å². The van der Waals surface area contributed by atoms with E-state index in [1.807, 2.05) is 0 Å². The molecule has 0 aromatic rings. The highest BCUT2D eigenvalue weighted by Gasteiger charge is 2.99. The first-order chi connectivity index (χ1) is 18.1. The zero-order valence-electron chi connectivity index (χ0n) is 18.1. The van der Waals surface area contributed by atoms with Crippen LogP contribution in [0.5, 0.6) is 0 Å². The molecule has 0 fully saturated rings. The van der Waals surface area contributed by atoms with Crippen molar-refractivity contribution >= 4 is 5.97 Å². The Labute approximate surface area is 213 Å². The number of rotatable bonds is 12. The standard InChI is InChI=1S/C14HF27O2/c15-1(16)3(17,18)5(22,23)6(24,25)7(26,27)8(28,29)9(30,31)10(32,33)11(34,35)12(36,37)13(38,39)14(40,41)43-2(42)4(19,20)21/h1H. The SMILES string of the molecule is O=C(OC(F)(F)C(F)(F)C(F)(F)C(F)(F)C(F)(F)C(F)(F)C(F)(F)C(F)(F)C(F)(F)C(F)(F)C(F)(F)C(F)F)C(F)(F)F. The fraction of sp³-hybridized carbons (Fsp3) is 0.929. The Balaban J connectivity index is 7.27. The third-order valence-corrected chi connectivity index (χ3v) is 4.67. The minimum Gasteiger partial charge on any atom is -0.389 e. The van der Waals surface area contributed by atoms with E-state index in [9.17, 15) is 123 Å². The Morgan fingerprint density at radius 1 is 0.372 bits per heavy atom. The van der Waals surface area contributed by atoms with Crippen LogP contribution in [0.25, 0.3) is 0 Å². The molecule has 0 aliphatic rings. The molecule has 0 atom stereocenters. The summed E-state index contributed by atoms with van der Waals surface area (Å²) in [6.07, 6.45) is -21.6. The Hall–Kier alpha value is -2.42. The van der Waals surface area contributed by atoms with Crippen molar-refractivity contribution in [2.45, 2.75) is 77.9 Å². The van der Waals surface area contributed by atoms with E-state index in [0.29, 0.717) is 0 Å². The molecular weight excluding hydrogens is 713 g/mol. The maximum Gasteiger partial charge on any atom is 0.491 e. The van der Waals surface area contributed by atoms with Crippen LogP contribution in [0.2, 0.25) is 0 Å². The lowest BCUT2D eigenvalue weighted by Gasteiger charge is -2.45. The van der Waals surface area contributed by atoms with Crippen molar-refractivity contribution in [3.05, 3.63) is 0 Å². The molecular formula is C14HF27O2. The van der Waals surface area contributed by atoms with Crippen molar-refractivity contribution < 1.29 is 128 Å². The Bertz CT molecular complexity index is 1030. The molecule has 0 bridgehead atoms. The number of halogens is 27. The van der Waals surface area contributed by atoms with Gasteiger partial charge in [0.2, 0.25) is 0 Å². The van der Waals surface area contributed by atoms with Crippen LogP contribution in [0.3, 0.4) is 0 Å². The molecule has 0 unspecified atom stereocenters. The highest BCUT2D eigenvalue weighted by atomic mass is 19.4. The molecule has 0 aliphatic carbocycles. The fourth-order valence-corrected chi connectivity index (χ4v) is 2.15. The van der Waals surface area contributed by atoms with E-state index >= 15 is 0 Å². The molecule has 0 radical (unpaired) electrons. The predicted molar refractivity (Wildman–Crippen MR) is 72.6 cm³/mol. The Morgan fingerprint density at radius 3 is 0.791 bits per heavy atom. The highest BCUT2D eigenvalue weighted by Crippen LogP contribution is 2.67. The van der Waals surface area contributed by atoms with Gasteiger partial charge in [0, 0.05) is 0 Å². The van der Waals surface area contributed by atoms with Crippen molar-refractivity contribution in [3.63, 3.8) is 0 Å². The number of carbonyl (C=O) groups excluding carboxylic acids is 1. The topological polar surface area (TPSA) is 26.3 Å². The first-order valence-electron chi connectivity index (χ1n) is 8.81. The molecule has 43 heavy (non-hydrogen) atoms. The van der Waals surface area contributed by atoms with Crippen molar-refractivity contribution in [1.82, 2.24) is 0 Å². The molecule has 0 N–H and O–H groups in total. The number of carbonyl (C=O) groups is 1. The Kier molecular flexibility index (Phi) is 9.48. The van der Waals surface area contributed by atoms with Crippen molar-refractivity contribution in [2.24, 2.45) is 0 Å². The maximum atomic E-state index is 13.6. The van der Waals surface area contributed by atoms with Gasteiger partial charge in [0.25, 0.3) is 0 Å². The smallest absolute Gasteiger partial charge is 0.389 e. The van der Waals surface area contributed by atoms with Gasteiger partial charge in [0.1, 0.15) is 0 Å². The van der Waals surface area contributed by atoms with Gasteiger partial charge < -0.3 is 4.74 Å². The second-order valence-electron chi connectivity index (χ2n) is 7.50. The van der Waals surface area contributed by atoms with E-state index < -0.39 is 83.9 Å². The zero-order valence-corrected chi connectivity index (χ0v) is 18.1. The van der Waals surface area contributed by atoms with Crippen LogP contribution in [-0.4, -0.2) is 83.9 Å². The lowest BCUT2D eigenvalue weighted by molar-refractivity contribution is -0.483. The number of alkyl halides is 27. The van der Waals surface area contributed by atoms with Gasteiger partial charge in [-0.3, -0.25) is 0 Å². The average molecular weight is 714 g/mol. The van der Waals surface area contributed by atoms with Crippen molar-refractivity contribution in [1.29, 1.82) is 0 Å². The molecule has 0 spiro atoms. The van der Waals surface area contributed by atoms with Gasteiger partial charge in [-0.05, 0) is 0 Å². The summed E-state index contributed by atoms with van der Waals surface area (Å²) in [5.74, 6) is -97.4. The first kappa shape index (κ1) is 40.6. The largest absolute Gasteiger partial charge is 0.491 e. The molecule has 29 heteroatoms. The van der Waals surface area contributed by atoms with Crippen LogP contribution < -0.4 is 0 Å². The van der Waals surface area contributed by atoms with Crippen LogP contribution >= 0.6 is 0 Å². The quantitative estimate of drug-likeness (QED) is 0.150. The molecule has 0 amide bonds. The van der Waals surface area contributed by atoms with E-state index in [1.165, 1.54) is 4.74 Å². The van der Waals surface area contributed by atoms with E-state index in [-0.39, 0.29) is 0 Å². The van der Waals surface area contributed by atoms with Gasteiger partial charge in [-0.1, -0.05) is 0 Å². The third kappa shape index (κ3) is 5.11. The van der Waals surface area contributed by atoms with Gasteiger partial charge in [-0.2, -0.15) is 110 Å². The monoisotopic (exact) mass is 714 g/mol. The summed E-state index contributed by atoms with van der Waals surface area (Å²) < 4.78 is 353. The maximum absolute atomic E-state index is 13.6. The van der Waals surface area contributed by atoms with Gasteiger partial charge in [0.15, 0.2) is 0 Å². The second kappa shape index (κ2) is 10.0. The number of hydrogen-bond acceptors (Lipinski definition) is 2. The highest BCUT2D eigenvalue weighted by molar-refractivity contribution is 5.76. The van der Waals surface area contributed by atoms with Crippen LogP contribution in [-0.2, 0) is 9.53 Å². The molecule has 258 valence electrons. The summed E-state index contributed by atoms with van der Waals surface area (Å²) in [7, 11) is 0. The van der Waals surface area contributed by atoms with Crippen molar-refractivity contribution in [2.75, 3.05) is 0 Å². The zero-order chi connectivity index (χ0) is 35.9. The molecule has 0 rings (SSSR count). The predicted octanol–water partition coefficient (Wildman–Crippen LogP) is 8.30. The minimum absolute atomic E-state index is 1.33. The normalized spacial score (nSPS) is 16.6. The molecule has 0 aromatic heterocycles. The van der Waals surface area contributed by atoms with Crippen LogP contribution in [0.15, 0.2) is 0 Å². The lowest BCUT2D eigenvalue weighted by Crippen LogP contribution is -2.78. The summed E-state index contributed by atoms with van der Waals surface area (Å²) in [4.78, 5) is 10.1. The summed E-state index contributed by atoms with van der Waals surface area (Å²) in [6.45, 7) is 0. The third-order valence-electron chi connectivity index (χ3n) is 4.67. The van der Waals surface area contributed by atoms with Gasteiger partial charge in [-0.15, -0.1) is 0 Å². The minimum atomic E-state index is -9.73. The second-order valence-corrected chi connectivity index (χ2v) is 7.50. The first-order valence-corrected chi connectivity index (χ1v) is 8.81. The lowest BCUT2D eigenvalue weighted by atomic mass is 9.85. The fourth-order valence-electron chi connectivity index (χ4n) is 2.15. The summed E-state index contributed by atoms with van der Waals surface area (Å²) in [5.41, 5.74) is 0. The van der Waals surface area contributed by atoms with Gasteiger partial charge in [-0.25, -0.2) is 13.6 Å². The van der Waals surface area contributed by atoms with Crippen molar-refractivity contribution in [3.8, 4) is 0 Å².